The molecule has 4 atom stereocenters. The molecule has 0 aliphatic carbocycles. The van der Waals surface area contributed by atoms with E-state index in [1.165, 1.54) is 0 Å². The van der Waals surface area contributed by atoms with E-state index in [2.05, 4.69) is 5.32 Å². The van der Waals surface area contributed by atoms with E-state index < -0.39 is 35.9 Å². The van der Waals surface area contributed by atoms with Crippen LogP contribution in [0.25, 0.3) is 0 Å². The molecular weight excluding hydrogens is 334 g/mol. The molecule has 0 aromatic heterocycles. The predicted molar refractivity (Wildman–Crippen MR) is 91.4 cm³/mol. The summed E-state index contributed by atoms with van der Waals surface area (Å²) in [5.41, 5.74) is 0.463. The number of carbonyl (C=O) groups excluding carboxylic acids is 2. The third-order valence-corrected chi connectivity index (χ3v) is 4.59. The van der Waals surface area contributed by atoms with E-state index in [0.29, 0.717) is 17.2 Å². The minimum Gasteiger partial charge on any atom is -0.550 e. The molecular formula is C20H16NO5-. The zero-order valence-corrected chi connectivity index (χ0v) is 13.7. The number of carboxylic acid groups (broad SMARTS) is 1. The number of anilines is 1. The second kappa shape index (κ2) is 6.65. The van der Waals surface area contributed by atoms with E-state index in [1.54, 1.807) is 48.6 Å². The van der Waals surface area contributed by atoms with Crippen LogP contribution in [0.2, 0.25) is 0 Å². The molecule has 1 N–H and O–H groups in total. The first kappa shape index (κ1) is 16.4. The van der Waals surface area contributed by atoms with Crippen LogP contribution in [0, 0.1) is 11.8 Å². The monoisotopic (exact) mass is 350 g/mol. The van der Waals surface area contributed by atoms with Gasteiger partial charge >= 0.3 is 0 Å². The number of carbonyl (C=O) groups is 2. The van der Waals surface area contributed by atoms with Crippen molar-refractivity contribution >= 4 is 17.6 Å². The predicted octanol–water partition coefficient (Wildman–Crippen LogP) is 1.74. The molecule has 26 heavy (non-hydrogen) atoms. The molecule has 2 aromatic rings. The Morgan fingerprint density at radius 2 is 1.58 bits per heavy atom. The molecule has 0 spiro atoms. The van der Waals surface area contributed by atoms with Crippen molar-refractivity contribution in [2.24, 2.45) is 11.8 Å². The first-order valence-corrected chi connectivity index (χ1v) is 8.31. The maximum atomic E-state index is 12.8. The third kappa shape index (κ3) is 2.95. The normalized spacial score (nSPS) is 25.8. The van der Waals surface area contributed by atoms with Crippen molar-refractivity contribution in [3.63, 3.8) is 0 Å². The Hall–Kier alpha value is -3.12. The number of hydrogen-bond donors (Lipinski definition) is 1. The maximum Gasteiger partial charge on any atom is 0.231 e. The average Bonchev–Trinajstić information content (AvgIpc) is 3.25. The molecule has 1 saturated heterocycles. The third-order valence-electron chi connectivity index (χ3n) is 4.59. The molecule has 1 amide bonds. The van der Waals surface area contributed by atoms with Gasteiger partial charge in [0.25, 0.3) is 0 Å². The number of ether oxygens (including phenoxy) is 2. The zero-order chi connectivity index (χ0) is 18.1. The number of nitrogens with one attached hydrogen (secondary N) is 1. The molecule has 0 radical (unpaired) electrons. The number of aliphatic carboxylic acids is 1. The Balaban J connectivity index is 1.55. The Morgan fingerprint density at radius 3 is 2.31 bits per heavy atom. The van der Waals surface area contributed by atoms with Crippen molar-refractivity contribution in [1.29, 1.82) is 0 Å². The highest BCUT2D eigenvalue weighted by atomic mass is 16.5. The molecule has 6 heteroatoms. The van der Waals surface area contributed by atoms with Crippen LogP contribution in [-0.2, 0) is 14.3 Å². The second-order valence-electron chi connectivity index (χ2n) is 6.22. The lowest BCUT2D eigenvalue weighted by molar-refractivity contribution is -0.313. The van der Waals surface area contributed by atoms with Crippen LogP contribution in [-0.4, -0.2) is 24.1 Å². The molecule has 2 aromatic carbocycles. The second-order valence-corrected chi connectivity index (χ2v) is 6.22. The molecule has 132 valence electrons. The summed E-state index contributed by atoms with van der Waals surface area (Å²) in [6.07, 6.45) is 2.23. The van der Waals surface area contributed by atoms with Crippen molar-refractivity contribution in [3.8, 4) is 11.5 Å². The van der Waals surface area contributed by atoms with Crippen molar-refractivity contribution in [1.82, 2.24) is 0 Å². The van der Waals surface area contributed by atoms with Crippen LogP contribution in [0.3, 0.4) is 0 Å². The van der Waals surface area contributed by atoms with Crippen LogP contribution < -0.4 is 15.2 Å². The summed E-state index contributed by atoms with van der Waals surface area (Å²) >= 11 is 0. The standard InChI is InChI=1S/C20H17NO5/c22-19(17-15-10-11-16(26-15)18(17)20(23)24)21-13-8-4-5-9-14(13)25-12-6-2-1-3-7-12/h1-11,15-18H,(H,21,22)(H,23,24)/p-1/t15-,16+,17-,18-/m0/s1. The van der Waals surface area contributed by atoms with Crippen molar-refractivity contribution in [2.75, 3.05) is 5.32 Å². The minimum atomic E-state index is -1.28. The van der Waals surface area contributed by atoms with Gasteiger partial charge in [-0.15, -0.1) is 0 Å². The Kier molecular flexibility index (Phi) is 4.18. The van der Waals surface area contributed by atoms with Crippen molar-refractivity contribution in [3.05, 3.63) is 66.7 Å². The highest BCUT2D eigenvalue weighted by Crippen LogP contribution is 2.40. The Morgan fingerprint density at radius 1 is 0.923 bits per heavy atom. The molecule has 2 aliphatic rings. The van der Waals surface area contributed by atoms with Crippen LogP contribution >= 0.6 is 0 Å². The summed E-state index contributed by atoms with van der Waals surface area (Å²) in [4.78, 5) is 24.2. The van der Waals surface area contributed by atoms with Gasteiger partial charge in [-0.3, -0.25) is 4.79 Å². The highest BCUT2D eigenvalue weighted by molar-refractivity contribution is 5.97. The molecule has 2 bridgehead atoms. The van der Waals surface area contributed by atoms with Gasteiger partial charge in [-0.1, -0.05) is 42.5 Å². The smallest absolute Gasteiger partial charge is 0.231 e. The van der Waals surface area contributed by atoms with Gasteiger partial charge in [-0.25, -0.2) is 0 Å². The summed E-state index contributed by atoms with van der Waals surface area (Å²) in [6, 6.07) is 16.2. The number of para-hydroxylation sites is 3. The molecule has 0 saturated carbocycles. The molecule has 2 heterocycles. The molecule has 6 nitrogen and oxygen atoms in total. The van der Waals surface area contributed by atoms with Crippen LogP contribution in [0.4, 0.5) is 5.69 Å². The maximum absolute atomic E-state index is 12.8. The van der Waals surface area contributed by atoms with E-state index in [1.807, 2.05) is 18.2 Å². The highest BCUT2D eigenvalue weighted by Gasteiger charge is 2.50. The van der Waals surface area contributed by atoms with E-state index in [0.717, 1.165) is 0 Å². The molecule has 0 unspecified atom stereocenters. The van der Waals surface area contributed by atoms with Crippen LogP contribution in [0.5, 0.6) is 11.5 Å². The van der Waals surface area contributed by atoms with Gasteiger partial charge in [-0.05, 0) is 24.3 Å². The van der Waals surface area contributed by atoms with Crippen molar-refractivity contribution < 1.29 is 24.2 Å². The van der Waals surface area contributed by atoms with E-state index >= 15 is 0 Å². The van der Waals surface area contributed by atoms with Crippen LogP contribution in [0.1, 0.15) is 0 Å². The fourth-order valence-electron chi connectivity index (χ4n) is 3.39. The summed E-state index contributed by atoms with van der Waals surface area (Å²) < 4.78 is 11.3. The number of rotatable bonds is 5. The quantitative estimate of drug-likeness (QED) is 0.830. The number of fused-ring (bicyclic) bond motifs is 2. The fourth-order valence-corrected chi connectivity index (χ4v) is 3.39. The van der Waals surface area contributed by atoms with Gasteiger partial charge in [0.1, 0.15) is 5.75 Å². The molecule has 4 rings (SSSR count). The van der Waals surface area contributed by atoms with Gasteiger partial charge < -0.3 is 24.7 Å². The topological polar surface area (TPSA) is 87.7 Å². The van der Waals surface area contributed by atoms with Crippen molar-refractivity contribution in [2.45, 2.75) is 12.2 Å². The summed E-state index contributed by atoms with van der Waals surface area (Å²) in [6.45, 7) is 0. The summed E-state index contributed by atoms with van der Waals surface area (Å²) in [5, 5.41) is 14.2. The Labute approximate surface area is 150 Å². The average molecular weight is 350 g/mol. The number of benzene rings is 2. The van der Waals surface area contributed by atoms with E-state index in [9.17, 15) is 14.7 Å². The van der Waals surface area contributed by atoms with Gasteiger partial charge in [0.2, 0.25) is 5.91 Å². The zero-order valence-electron chi connectivity index (χ0n) is 13.7. The molecule has 1 fully saturated rings. The first-order valence-electron chi connectivity index (χ1n) is 8.31. The van der Waals surface area contributed by atoms with Gasteiger partial charge in [0, 0.05) is 11.9 Å². The van der Waals surface area contributed by atoms with Gasteiger partial charge in [-0.2, -0.15) is 0 Å². The van der Waals surface area contributed by atoms with Crippen LogP contribution in [0.15, 0.2) is 66.7 Å². The minimum absolute atomic E-state index is 0.430. The number of hydrogen-bond acceptors (Lipinski definition) is 5. The SMILES string of the molecule is O=C(Nc1ccccc1Oc1ccccc1)[C@@H]1[C@@H](C(=O)[O-])[C@H]2C=C[C@@H]1O2. The van der Waals surface area contributed by atoms with E-state index in [4.69, 9.17) is 9.47 Å². The number of amides is 1. The molecule has 2 aliphatic heterocycles. The van der Waals surface area contributed by atoms with Gasteiger partial charge in [0.05, 0.1) is 23.8 Å². The van der Waals surface area contributed by atoms with E-state index in [-0.39, 0.29) is 0 Å². The first-order chi connectivity index (χ1) is 12.6. The lowest BCUT2D eigenvalue weighted by atomic mass is 9.82. The lowest BCUT2D eigenvalue weighted by Gasteiger charge is -2.25. The number of carboxylic acids is 1. The summed E-state index contributed by atoms with van der Waals surface area (Å²) in [7, 11) is 0. The Bertz CT molecular complexity index is 864. The largest absolute Gasteiger partial charge is 0.550 e. The fraction of sp³-hybridized carbons (Fsp3) is 0.200. The lowest BCUT2D eigenvalue weighted by Crippen LogP contribution is -2.45. The summed E-state index contributed by atoms with van der Waals surface area (Å²) in [5.74, 6) is -2.44. The van der Waals surface area contributed by atoms with Gasteiger partial charge in [0.15, 0.2) is 5.75 Å².